The largest absolute Gasteiger partial charge is 0.483 e. The first-order valence-electron chi connectivity index (χ1n) is 13.1. The summed E-state index contributed by atoms with van der Waals surface area (Å²) in [4.78, 5) is 4.72. The van der Waals surface area contributed by atoms with Gasteiger partial charge < -0.3 is 10.5 Å². The summed E-state index contributed by atoms with van der Waals surface area (Å²) in [6.45, 7) is 2.15. The lowest BCUT2D eigenvalue weighted by Gasteiger charge is -2.26. The van der Waals surface area contributed by atoms with E-state index in [2.05, 4.69) is 37.3 Å². The number of hydrogen-bond donors (Lipinski definition) is 1. The zero-order valence-electron chi connectivity index (χ0n) is 19.9. The van der Waals surface area contributed by atoms with Gasteiger partial charge in [0.1, 0.15) is 17.4 Å². The number of rotatable bonds is 5. The molecule has 0 saturated heterocycles. The van der Waals surface area contributed by atoms with Gasteiger partial charge in [0.15, 0.2) is 0 Å². The number of pyridine rings is 1. The molecular formula is C30H36N2O. The van der Waals surface area contributed by atoms with E-state index in [1.54, 1.807) is 5.56 Å². The van der Waals surface area contributed by atoms with Crippen molar-refractivity contribution in [2.75, 3.05) is 5.73 Å². The molecule has 0 amide bonds. The molecule has 3 nitrogen and oxygen atoms in total. The molecule has 2 atom stereocenters. The quantitative estimate of drug-likeness (QED) is 0.327. The minimum Gasteiger partial charge on any atom is -0.483 e. The predicted octanol–water partition coefficient (Wildman–Crippen LogP) is 7.66. The molecule has 1 aromatic heterocycles. The lowest BCUT2D eigenvalue weighted by atomic mass is 9.86. The van der Waals surface area contributed by atoms with E-state index in [1.807, 2.05) is 12.3 Å². The van der Waals surface area contributed by atoms with E-state index in [1.165, 1.54) is 79.9 Å². The number of benzene rings is 2. The van der Waals surface area contributed by atoms with Crippen LogP contribution in [0.4, 0.5) is 5.69 Å². The van der Waals surface area contributed by atoms with Gasteiger partial charge in [0.05, 0.1) is 0 Å². The lowest BCUT2D eigenvalue weighted by molar-refractivity contribution is 0.130. The molecule has 0 spiro atoms. The van der Waals surface area contributed by atoms with Crippen LogP contribution in [0.3, 0.4) is 0 Å². The first-order valence-corrected chi connectivity index (χ1v) is 13.1. The Morgan fingerprint density at radius 1 is 0.970 bits per heavy atom. The Kier molecular flexibility index (Phi) is 5.52. The average molecular weight is 441 g/mol. The van der Waals surface area contributed by atoms with Crippen molar-refractivity contribution >= 4 is 16.6 Å². The van der Waals surface area contributed by atoms with Gasteiger partial charge in [0.25, 0.3) is 0 Å². The SMILES string of the molecule is Cc1ccc(OC2c3cc(N)cc(C4CC4)c3CC2CC2CCCCCC2)c2ncccc12. The van der Waals surface area contributed by atoms with Crippen LogP contribution in [0, 0.1) is 18.8 Å². The third kappa shape index (κ3) is 4.11. The number of fused-ring (bicyclic) bond motifs is 2. The molecule has 0 aliphatic heterocycles. The number of nitrogens with zero attached hydrogens (tertiary/aromatic N) is 1. The monoisotopic (exact) mass is 440 g/mol. The highest BCUT2D eigenvalue weighted by atomic mass is 16.5. The second kappa shape index (κ2) is 8.66. The normalized spacial score (nSPS) is 23.4. The van der Waals surface area contributed by atoms with Gasteiger partial charge >= 0.3 is 0 Å². The Balaban J connectivity index is 1.38. The van der Waals surface area contributed by atoms with E-state index in [-0.39, 0.29) is 6.10 Å². The molecule has 2 aromatic carbocycles. The molecule has 3 aliphatic rings. The van der Waals surface area contributed by atoms with E-state index in [9.17, 15) is 0 Å². The third-order valence-electron chi connectivity index (χ3n) is 8.37. The molecule has 0 bridgehead atoms. The number of anilines is 1. The maximum absolute atomic E-state index is 6.95. The van der Waals surface area contributed by atoms with Gasteiger partial charge in [-0.3, -0.25) is 4.98 Å². The second-order valence-electron chi connectivity index (χ2n) is 10.8. The zero-order chi connectivity index (χ0) is 22.4. The van der Waals surface area contributed by atoms with Crippen molar-refractivity contribution in [3.05, 3.63) is 64.8 Å². The number of aromatic nitrogens is 1. The third-order valence-corrected chi connectivity index (χ3v) is 8.37. The highest BCUT2D eigenvalue weighted by Gasteiger charge is 2.40. The first-order chi connectivity index (χ1) is 16.2. The van der Waals surface area contributed by atoms with Crippen molar-refractivity contribution in [1.29, 1.82) is 0 Å². The van der Waals surface area contributed by atoms with Crippen LogP contribution in [-0.2, 0) is 6.42 Å². The topological polar surface area (TPSA) is 48.1 Å². The fraction of sp³-hybridized carbons (Fsp3) is 0.500. The minimum absolute atomic E-state index is 0.0668. The van der Waals surface area contributed by atoms with E-state index < -0.39 is 0 Å². The standard InChI is InChI=1S/C30H36N2O/c1-19-10-13-28(29-24(19)9-6-14-32-29)33-30-22(15-20-7-4-2-3-5-8-20)16-26-25(21-11-12-21)17-23(31)18-27(26)30/h6,9-10,13-14,17-18,20-22,30H,2-5,7-8,11-12,15-16,31H2,1H3. The fourth-order valence-electron chi connectivity index (χ4n) is 6.53. The molecule has 1 heterocycles. The van der Waals surface area contributed by atoms with E-state index in [4.69, 9.17) is 15.5 Å². The summed E-state index contributed by atoms with van der Waals surface area (Å²) in [6, 6.07) is 12.9. The van der Waals surface area contributed by atoms with Crippen LogP contribution >= 0.6 is 0 Å². The van der Waals surface area contributed by atoms with Gasteiger partial charge in [0, 0.05) is 23.2 Å². The smallest absolute Gasteiger partial charge is 0.146 e. The number of ether oxygens (including phenoxy) is 1. The van der Waals surface area contributed by atoms with Gasteiger partial charge in [-0.1, -0.05) is 50.7 Å². The van der Waals surface area contributed by atoms with E-state index in [0.717, 1.165) is 29.3 Å². The molecule has 172 valence electrons. The summed E-state index contributed by atoms with van der Waals surface area (Å²) in [5, 5.41) is 1.18. The van der Waals surface area contributed by atoms with Crippen LogP contribution in [-0.4, -0.2) is 4.98 Å². The Morgan fingerprint density at radius 3 is 2.55 bits per heavy atom. The first kappa shape index (κ1) is 21.0. The van der Waals surface area contributed by atoms with Crippen molar-refractivity contribution in [3.63, 3.8) is 0 Å². The maximum atomic E-state index is 6.95. The summed E-state index contributed by atoms with van der Waals surface area (Å²) in [5.41, 5.74) is 14.0. The van der Waals surface area contributed by atoms with Crippen LogP contribution in [0.1, 0.15) is 92.1 Å². The van der Waals surface area contributed by atoms with Crippen molar-refractivity contribution in [2.24, 2.45) is 11.8 Å². The number of aryl methyl sites for hydroxylation is 1. The molecule has 2 saturated carbocycles. The molecule has 33 heavy (non-hydrogen) atoms. The molecule has 6 rings (SSSR count). The van der Waals surface area contributed by atoms with E-state index >= 15 is 0 Å². The maximum Gasteiger partial charge on any atom is 0.146 e. The molecule has 2 N–H and O–H groups in total. The van der Waals surface area contributed by atoms with Gasteiger partial charge in [-0.15, -0.1) is 0 Å². The molecule has 2 fully saturated rings. The second-order valence-corrected chi connectivity index (χ2v) is 10.8. The van der Waals surface area contributed by atoms with Crippen molar-refractivity contribution in [3.8, 4) is 5.75 Å². The van der Waals surface area contributed by atoms with Gasteiger partial charge in [-0.05, 0) is 91.0 Å². The number of nitrogen functional groups attached to an aromatic ring is 1. The summed E-state index contributed by atoms with van der Waals surface area (Å²) in [5.74, 6) is 2.96. The Labute approximate surface area is 197 Å². The summed E-state index contributed by atoms with van der Waals surface area (Å²) in [7, 11) is 0. The Hall–Kier alpha value is -2.55. The summed E-state index contributed by atoms with van der Waals surface area (Å²) in [6.07, 6.45) is 15.3. The van der Waals surface area contributed by atoms with Crippen LogP contribution in [0.5, 0.6) is 5.75 Å². The Bertz CT molecular complexity index is 1160. The highest BCUT2D eigenvalue weighted by Crippen LogP contribution is 2.51. The molecule has 0 radical (unpaired) electrons. The fourth-order valence-corrected chi connectivity index (χ4v) is 6.53. The van der Waals surface area contributed by atoms with E-state index in [0.29, 0.717) is 11.8 Å². The van der Waals surface area contributed by atoms with Gasteiger partial charge in [-0.2, -0.15) is 0 Å². The average Bonchev–Trinajstić information content (AvgIpc) is 3.64. The van der Waals surface area contributed by atoms with Crippen molar-refractivity contribution < 1.29 is 4.74 Å². The van der Waals surface area contributed by atoms with Crippen LogP contribution in [0.2, 0.25) is 0 Å². The molecule has 3 aliphatic carbocycles. The van der Waals surface area contributed by atoms with Crippen LogP contribution in [0.15, 0.2) is 42.6 Å². The summed E-state index contributed by atoms with van der Waals surface area (Å²) < 4.78 is 6.95. The predicted molar refractivity (Wildman–Crippen MR) is 136 cm³/mol. The molecule has 2 unspecified atom stereocenters. The number of nitrogens with two attached hydrogens (primary N) is 1. The van der Waals surface area contributed by atoms with Crippen LogP contribution in [0.25, 0.3) is 10.9 Å². The Morgan fingerprint density at radius 2 is 1.76 bits per heavy atom. The molecule has 3 aromatic rings. The van der Waals surface area contributed by atoms with Crippen LogP contribution < -0.4 is 10.5 Å². The van der Waals surface area contributed by atoms with Crippen molar-refractivity contribution in [2.45, 2.75) is 83.2 Å². The summed E-state index contributed by atoms with van der Waals surface area (Å²) >= 11 is 0. The van der Waals surface area contributed by atoms with Gasteiger partial charge in [0.2, 0.25) is 0 Å². The molecular weight excluding hydrogens is 404 g/mol. The van der Waals surface area contributed by atoms with Gasteiger partial charge in [-0.25, -0.2) is 0 Å². The lowest BCUT2D eigenvalue weighted by Crippen LogP contribution is -2.18. The molecule has 3 heteroatoms. The minimum atomic E-state index is 0.0668. The zero-order valence-corrected chi connectivity index (χ0v) is 19.9. The highest BCUT2D eigenvalue weighted by molar-refractivity contribution is 5.87. The number of hydrogen-bond acceptors (Lipinski definition) is 3. The van der Waals surface area contributed by atoms with Crippen molar-refractivity contribution in [1.82, 2.24) is 4.98 Å².